The van der Waals surface area contributed by atoms with E-state index in [9.17, 15) is 8.42 Å². The molecule has 120 valence electrons. The first-order chi connectivity index (χ1) is 9.53. The number of nitrogens with one attached hydrogen (secondary N) is 2. The van der Waals surface area contributed by atoms with Crippen LogP contribution in [0.15, 0.2) is 11.2 Å². The molecule has 2 rings (SSSR count). The maximum atomic E-state index is 12.5. The van der Waals surface area contributed by atoms with Crippen molar-refractivity contribution in [2.75, 3.05) is 0 Å². The van der Waals surface area contributed by atoms with Crippen molar-refractivity contribution in [3.63, 3.8) is 0 Å². The van der Waals surface area contributed by atoms with E-state index >= 15 is 0 Å². The third kappa shape index (κ3) is 4.07. The van der Waals surface area contributed by atoms with E-state index in [1.807, 2.05) is 6.92 Å². The van der Waals surface area contributed by atoms with E-state index in [-0.39, 0.29) is 21.9 Å². The Balaban J connectivity index is 2.16. The van der Waals surface area contributed by atoms with E-state index in [0.29, 0.717) is 12.2 Å². The number of aromatic nitrogens is 2. The molecule has 2 N–H and O–H groups in total. The fourth-order valence-electron chi connectivity index (χ4n) is 3.87. The van der Waals surface area contributed by atoms with E-state index in [1.54, 1.807) is 0 Å². The zero-order chi connectivity index (χ0) is 15.9. The summed E-state index contributed by atoms with van der Waals surface area (Å²) in [6.45, 7) is 10.8. The van der Waals surface area contributed by atoms with Gasteiger partial charge in [0.15, 0.2) is 5.03 Å². The van der Waals surface area contributed by atoms with Crippen LogP contribution in [-0.4, -0.2) is 24.4 Å². The molecule has 21 heavy (non-hydrogen) atoms. The molecule has 0 spiro atoms. The molecule has 1 aromatic heterocycles. The molecular formula is C15H27N3O2S. The number of hydrogen-bond acceptors (Lipinski definition) is 3. The number of nitrogens with zero attached hydrogens (tertiary/aromatic N) is 1. The number of aryl methyl sites for hydroxylation is 1. The summed E-state index contributed by atoms with van der Waals surface area (Å²) in [5.41, 5.74) is 0.301. The molecule has 0 saturated heterocycles. The molecule has 1 aliphatic rings. The Morgan fingerprint density at radius 2 is 1.86 bits per heavy atom. The first-order valence-electron chi connectivity index (χ1n) is 7.59. The molecule has 0 bridgehead atoms. The van der Waals surface area contributed by atoms with Gasteiger partial charge in [0.1, 0.15) is 5.82 Å². The third-order valence-electron chi connectivity index (χ3n) is 4.11. The van der Waals surface area contributed by atoms with Crippen molar-refractivity contribution < 1.29 is 8.42 Å². The van der Waals surface area contributed by atoms with E-state index in [4.69, 9.17) is 0 Å². The zero-order valence-electron chi connectivity index (χ0n) is 13.7. The molecule has 0 amide bonds. The van der Waals surface area contributed by atoms with Gasteiger partial charge in [-0.3, -0.25) is 0 Å². The molecule has 1 saturated carbocycles. The normalized spacial score (nSPS) is 22.3. The Bertz CT molecular complexity index is 586. The van der Waals surface area contributed by atoms with Gasteiger partial charge in [0.25, 0.3) is 10.0 Å². The van der Waals surface area contributed by atoms with Gasteiger partial charge in [0.2, 0.25) is 0 Å². The second-order valence-electron chi connectivity index (χ2n) is 7.78. The number of rotatable bonds is 4. The maximum absolute atomic E-state index is 12.5. The molecule has 0 aliphatic heterocycles. The SMILES string of the molecule is CCc1ncc(S(=O)(=O)NC2CC(C)(C)CC(C)(C)C2)[nH]1. The van der Waals surface area contributed by atoms with Crippen LogP contribution in [0.25, 0.3) is 0 Å². The van der Waals surface area contributed by atoms with Gasteiger partial charge in [-0.15, -0.1) is 0 Å². The number of hydrogen-bond donors (Lipinski definition) is 2. The van der Waals surface area contributed by atoms with Gasteiger partial charge in [-0.05, 0) is 30.1 Å². The van der Waals surface area contributed by atoms with Crippen molar-refractivity contribution in [2.24, 2.45) is 10.8 Å². The van der Waals surface area contributed by atoms with Gasteiger partial charge in [-0.25, -0.2) is 18.1 Å². The van der Waals surface area contributed by atoms with Crippen LogP contribution in [0, 0.1) is 10.8 Å². The highest BCUT2D eigenvalue weighted by Crippen LogP contribution is 2.45. The zero-order valence-corrected chi connectivity index (χ0v) is 14.5. The lowest BCUT2D eigenvalue weighted by Crippen LogP contribution is -2.46. The first kappa shape index (κ1) is 16.5. The van der Waals surface area contributed by atoms with Gasteiger partial charge >= 0.3 is 0 Å². The average Bonchev–Trinajstić information content (AvgIpc) is 2.72. The van der Waals surface area contributed by atoms with E-state index in [0.717, 1.165) is 19.3 Å². The smallest absolute Gasteiger partial charge is 0.257 e. The lowest BCUT2D eigenvalue weighted by atomic mass is 9.64. The third-order valence-corrected chi connectivity index (χ3v) is 5.54. The second-order valence-corrected chi connectivity index (χ2v) is 9.46. The van der Waals surface area contributed by atoms with Crippen LogP contribution < -0.4 is 4.72 Å². The van der Waals surface area contributed by atoms with Crippen LogP contribution in [0.2, 0.25) is 0 Å². The minimum absolute atomic E-state index is 0.0258. The monoisotopic (exact) mass is 313 g/mol. The summed E-state index contributed by atoms with van der Waals surface area (Å²) in [4.78, 5) is 6.95. The summed E-state index contributed by atoms with van der Waals surface area (Å²) in [6, 6.07) is -0.0258. The van der Waals surface area contributed by atoms with Crippen molar-refractivity contribution in [1.82, 2.24) is 14.7 Å². The summed E-state index contributed by atoms with van der Waals surface area (Å²) >= 11 is 0. The van der Waals surface area contributed by atoms with Gasteiger partial charge in [-0.2, -0.15) is 0 Å². The number of imidazole rings is 1. The molecule has 0 radical (unpaired) electrons. The molecule has 0 atom stereocenters. The number of H-pyrrole nitrogens is 1. The van der Waals surface area contributed by atoms with Gasteiger partial charge in [0, 0.05) is 12.5 Å². The predicted molar refractivity (Wildman–Crippen MR) is 83.5 cm³/mol. The molecule has 1 aromatic rings. The largest absolute Gasteiger partial charge is 0.332 e. The van der Waals surface area contributed by atoms with Crippen LogP contribution in [0.3, 0.4) is 0 Å². The van der Waals surface area contributed by atoms with Crippen molar-refractivity contribution in [2.45, 2.75) is 71.4 Å². The number of sulfonamides is 1. The minimum Gasteiger partial charge on any atom is -0.332 e. The number of aromatic amines is 1. The molecule has 0 unspecified atom stereocenters. The Labute approximate surface area is 128 Å². The summed E-state index contributed by atoms with van der Waals surface area (Å²) in [5.74, 6) is 0.694. The fourth-order valence-corrected chi connectivity index (χ4v) is 5.05. The van der Waals surface area contributed by atoms with Gasteiger partial charge < -0.3 is 4.98 Å². The molecule has 1 heterocycles. The summed E-state index contributed by atoms with van der Waals surface area (Å²) in [5, 5.41) is 0.167. The van der Waals surface area contributed by atoms with Crippen molar-refractivity contribution in [3.05, 3.63) is 12.0 Å². The molecule has 1 fully saturated rings. The van der Waals surface area contributed by atoms with E-state index in [2.05, 4.69) is 42.4 Å². The van der Waals surface area contributed by atoms with E-state index < -0.39 is 10.0 Å². The lowest BCUT2D eigenvalue weighted by Gasteiger charge is -2.44. The van der Waals surface area contributed by atoms with Crippen LogP contribution >= 0.6 is 0 Å². The molecule has 5 nitrogen and oxygen atoms in total. The van der Waals surface area contributed by atoms with Crippen LogP contribution in [0.5, 0.6) is 0 Å². The molecule has 6 heteroatoms. The standard InChI is InChI=1S/C15H27N3O2S/c1-6-12-16-9-13(17-12)21(19,20)18-11-7-14(2,3)10-15(4,5)8-11/h9,11,18H,6-8,10H2,1-5H3,(H,16,17). The average molecular weight is 313 g/mol. The quantitative estimate of drug-likeness (QED) is 0.897. The topological polar surface area (TPSA) is 74.8 Å². The Hall–Kier alpha value is -0.880. The Morgan fingerprint density at radius 3 is 2.33 bits per heavy atom. The van der Waals surface area contributed by atoms with Crippen molar-refractivity contribution in [1.29, 1.82) is 0 Å². The minimum atomic E-state index is -3.52. The predicted octanol–water partition coefficient (Wildman–Crippen LogP) is 2.86. The highest BCUT2D eigenvalue weighted by molar-refractivity contribution is 7.89. The molecule has 1 aliphatic carbocycles. The van der Waals surface area contributed by atoms with Gasteiger partial charge in [-0.1, -0.05) is 34.6 Å². The summed E-state index contributed by atoms with van der Waals surface area (Å²) < 4.78 is 27.8. The van der Waals surface area contributed by atoms with Crippen LogP contribution in [0.1, 0.15) is 59.7 Å². The second kappa shape index (κ2) is 5.39. The van der Waals surface area contributed by atoms with Gasteiger partial charge in [0.05, 0.1) is 6.20 Å². The first-order valence-corrected chi connectivity index (χ1v) is 9.08. The molecule has 0 aromatic carbocycles. The Kier molecular flexibility index (Phi) is 4.23. The lowest BCUT2D eigenvalue weighted by molar-refractivity contribution is 0.0934. The summed E-state index contributed by atoms with van der Waals surface area (Å²) in [7, 11) is -3.52. The fraction of sp³-hybridized carbons (Fsp3) is 0.800. The van der Waals surface area contributed by atoms with Crippen molar-refractivity contribution in [3.8, 4) is 0 Å². The van der Waals surface area contributed by atoms with Crippen molar-refractivity contribution >= 4 is 10.0 Å². The summed E-state index contributed by atoms with van der Waals surface area (Å²) in [6.07, 6.45) is 4.94. The van der Waals surface area contributed by atoms with E-state index in [1.165, 1.54) is 6.20 Å². The Morgan fingerprint density at radius 1 is 1.29 bits per heavy atom. The highest BCUT2D eigenvalue weighted by atomic mass is 32.2. The highest BCUT2D eigenvalue weighted by Gasteiger charge is 2.40. The maximum Gasteiger partial charge on any atom is 0.257 e. The molecular weight excluding hydrogens is 286 g/mol. The van der Waals surface area contributed by atoms with Crippen LogP contribution in [0.4, 0.5) is 0 Å². The van der Waals surface area contributed by atoms with Crippen LogP contribution in [-0.2, 0) is 16.4 Å².